The van der Waals surface area contributed by atoms with Crippen LogP contribution < -0.4 is 0 Å². The van der Waals surface area contributed by atoms with Crippen LogP contribution in [0.2, 0.25) is 0 Å². The average molecular weight is 438 g/mol. The van der Waals surface area contributed by atoms with E-state index in [-0.39, 0.29) is 62.0 Å². The van der Waals surface area contributed by atoms with Crippen LogP contribution in [0.15, 0.2) is 24.3 Å². The minimum absolute atomic E-state index is 0.0509. The fraction of sp³-hybridized carbons (Fsp3) is 0.696. The summed E-state index contributed by atoms with van der Waals surface area (Å²) in [6.07, 6.45) is 8.26. The Morgan fingerprint density at radius 2 is 1.48 bits per heavy atom. The molecule has 1 fully saturated rings. The molecule has 0 radical (unpaired) electrons. The Hall–Kier alpha value is -2.19. The third-order valence-electron chi connectivity index (χ3n) is 5.88. The monoisotopic (exact) mass is 437 g/mol. The van der Waals surface area contributed by atoms with Gasteiger partial charge in [-0.1, -0.05) is 38.2 Å². The summed E-state index contributed by atoms with van der Waals surface area (Å²) in [6, 6.07) is -0.554. The number of carbonyl (C=O) groups is 3. The third-order valence-corrected chi connectivity index (χ3v) is 5.88. The smallest absolute Gasteiger partial charge is 0.328 e. The van der Waals surface area contributed by atoms with Gasteiger partial charge in [0.15, 0.2) is 0 Å². The Labute approximate surface area is 184 Å². The maximum absolute atomic E-state index is 12.7. The van der Waals surface area contributed by atoms with Crippen LogP contribution in [0.1, 0.15) is 39.5 Å². The van der Waals surface area contributed by atoms with Crippen LogP contribution in [0.4, 0.5) is 0 Å². The molecule has 0 aromatic rings. The summed E-state index contributed by atoms with van der Waals surface area (Å²) < 4.78 is 21.7. The highest BCUT2D eigenvalue weighted by Crippen LogP contribution is 2.21. The summed E-state index contributed by atoms with van der Waals surface area (Å²) in [5.41, 5.74) is 0. The zero-order valence-corrected chi connectivity index (χ0v) is 19.0. The summed E-state index contributed by atoms with van der Waals surface area (Å²) in [4.78, 5) is 39.0. The van der Waals surface area contributed by atoms with Crippen LogP contribution in [0.3, 0.4) is 0 Å². The van der Waals surface area contributed by atoms with Crippen molar-refractivity contribution in [2.75, 3.05) is 34.0 Å². The molecule has 0 aromatic carbocycles. The summed E-state index contributed by atoms with van der Waals surface area (Å²) in [5.74, 6) is -0.992. The fourth-order valence-electron chi connectivity index (χ4n) is 3.80. The maximum atomic E-state index is 12.7. The minimum atomic E-state index is -0.554. The quantitative estimate of drug-likeness (QED) is 0.483. The Bertz CT molecular complexity index is 675. The first-order valence-corrected chi connectivity index (χ1v) is 10.9. The zero-order chi connectivity index (χ0) is 22.8. The lowest BCUT2D eigenvalue weighted by Gasteiger charge is -2.25. The zero-order valence-electron chi connectivity index (χ0n) is 19.0. The summed E-state index contributed by atoms with van der Waals surface area (Å²) in [6.45, 7) is 4.62. The molecule has 0 saturated carbocycles. The van der Waals surface area contributed by atoms with E-state index in [0.29, 0.717) is 13.0 Å². The molecule has 1 saturated heterocycles. The highest BCUT2D eigenvalue weighted by atomic mass is 16.6. The number of fused-ring (bicyclic) bond motifs is 1. The number of hydrogen-bond donors (Lipinski definition) is 0. The molecule has 2 aliphatic rings. The summed E-state index contributed by atoms with van der Waals surface area (Å²) >= 11 is 0. The SMILES string of the molecule is COC1COC(=O)C/C=C/[C@@H](C)[C@H](OC)COC(=O)[C@@H]2CCCN2C(=O)C/C=C/[C@@H]1C. The highest BCUT2D eigenvalue weighted by Gasteiger charge is 2.35. The molecule has 2 aliphatic heterocycles. The second-order valence-electron chi connectivity index (χ2n) is 8.09. The van der Waals surface area contributed by atoms with E-state index in [1.165, 1.54) is 0 Å². The van der Waals surface area contributed by atoms with Crippen molar-refractivity contribution in [2.24, 2.45) is 11.8 Å². The molecule has 174 valence electrons. The van der Waals surface area contributed by atoms with Crippen LogP contribution in [-0.2, 0) is 33.3 Å². The van der Waals surface area contributed by atoms with E-state index >= 15 is 0 Å². The second-order valence-corrected chi connectivity index (χ2v) is 8.09. The molecule has 2 heterocycles. The van der Waals surface area contributed by atoms with Gasteiger partial charge in [-0.3, -0.25) is 9.59 Å². The molecule has 8 nitrogen and oxygen atoms in total. The topological polar surface area (TPSA) is 91.4 Å². The molecule has 0 bridgehead atoms. The Morgan fingerprint density at radius 1 is 0.903 bits per heavy atom. The van der Waals surface area contributed by atoms with Gasteiger partial charge < -0.3 is 23.8 Å². The van der Waals surface area contributed by atoms with Crippen LogP contribution in [0, 0.1) is 11.8 Å². The molecule has 0 aliphatic carbocycles. The van der Waals surface area contributed by atoms with E-state index in [1.807, 2.05) is 26.0 Å². The van der Waals surface area contributed by atoms with Crippen LogP contribution in [-0.4, -0.2) is 75.0 Å². The van der Waals surface area contributed by atoms with Gasteiger partial charge in [-0.2, -0.15) is 0 Å². The highest BCUT2D eigenvalue weighted by molar-refractivity contribution is 5.85. The second kappa shape index (κ2) is 12.6. The molecular formula is C23H35NO7. The van der Waals surface area contributed by atoms with Crippen LogP contribution in [0.25, 0.3) is 0 Å². The van der Waals surface area contributed by atoms with Crippen LogP contribution >= 0.6 is 0 Å². The molecule has 0 aromatic heterocycles. The Kier molecular flexibility index (Phi) is 10.2. The van der Waals surface area contributed by atoms with Crippen molar-refractivity contribution >= 4 is 17.8 Å². The van der Waals surface area contributed by atoms with Crippen LogP contribution in [0.5, 0.6) is 0 Å². The molecule has 5 atom stereocenters. The van der Waals surface area contributed by atoms with Gasteiger partial charge in [0.2, 0.25) is 5.91 Å². The van der Waals surface area contributed by atoms with Crippen molar-refractivity contribution in [1.29, 1.82) is 0 Å². The number of amides is 1. The lowest BCUT2D eigenvalue weighted by Crippen LogP contribution is -2.42. The van der Waals surface area contributed by atoms with Crippen molar-refractivity contribution in [3.8, 4) is 0 Å². The molecule has 1 amide bonds. The van der Waals surface area contributed by atoms with Crippen molar-refractivity contribution in [1.82, 2.24) is 4.90 Å². The van der Waals surface area contributed by atoms with E-state index in [9.17, 15) is 14.4 Å². The first-order chi connectivity index (χ1) is 14.9. The number of nitrogens with zero attached hydrogens (tertiary/aromatic N) is 1. The average Bonchev–Trinajstić information content (AvgIpc) is 3.24. The number of cyclic esters (lactones) is 2. The number of carbonyl (C=O) groups excluding carboxylic acids is 3. The molecule has 1 unspecified atom stereocenters. The van der Waals surface area contributed by atoms with Gasteiger partial charge in [-0.25, -0.2) is 4.79 Å². The normalized spacial score (nSPS) is 34.0. The van der Waals surface area contributed by atoms with E-state index in [4.69, 9.17) is 18.9 Å². The van der Waals surface area contributed by atoms with Gasteiger partial charge in [0.1, 0.15) is 19.3 Å². The third kappa shape index (κ3) is 7.47. The van der Waals surface area contributed by atoms with E-state index in [0.717, 1.165) is 6.42 Å². The predicted molar refractivity (Wildman–Crippen MR) is 114 cm³/mol. The lowest BCUT2D eigenvalue weighted by molar-refractivity contribution is -0.156. The standard InChI is InChI=1S/C23H35NO7/c1-16-8-5-11-21(25)24-13-7-10-18(24)23(27)31-15-20(29-4)17(2)9-6-12-22(26)30-14-19(16)28-3/h5-6,8-9,16-20H,7,10-15H2,1-4H3/b8-5+,9-6+/t16-,17+,18-,19?,20+/m0/s1. The number of rotatable bonds is 2. The van der Waals surface area contributed by atoms with Crippen molar-refractivity contribution in [3.05, 3.63) is 24.3 Å². The van der Waals surface area contributed by atoms with Gasteiger partial charge in [-0.05, 0) is 12.8 Å². The van der Waals surface area contributed by atoms with E-state index in [1.54, 1.807) is 31.3 Å². The minimum Gasteiger partial charge on any atom is -0.463 e. The first kappa shape index (κ1) is 25.1. The van der Waals surface area contributed by atoms with Crippen molar-refractivity contribution in [2.45, 2.75) is 57.8 Å². The Balaban J connectivity index is 2.16. The molecule has 0 spiro atoms. The largest absolute Gasteiger partial charge is 0.463 e. The van der Waals surface area contributed by atoms with Gasteiger partial charge in [0, 0.05) is 39.0 Å². The van der Waals surface area contributed by atoms with E-state index in [2.05, 4.69) is 0 Å². The maximum Gasteiger partial charge on any atom is 0.328 e. The van der Waals surface area contributed by atoms with Crippen molar-refractivity contribution < 1.29 is 33.3 Å². The van der Waals surface area contributed by atoms with Gasteiger partial charge in [-0.15, -0.1) is 0 Å². The summed E-state index contributed by atoms with van der Waals surface area (Å²) in [5, 5.41) is 0. The number of methoxy groups -OCH3 is 2. The Morgan fingerprint density at radius 3 is 2.10 bits per heavy atom. The number of ether oxygens (including phenoxy) is 4. The molecule has 8 heteroatoms. The summed E-state index contributed by atoms with van der Waals surface area (Å²) in [7, 11) is 3.12. The molecular weight excluding hydrogens is 402 g/mol. The molecule has 2 rings (SSSR count). The van der Waals surface area contributed by atoms with Gasteiger partial charge >= 0.3 is 11.9 Å². The van der Waals surface area contributed by atoms with E-state index < -0.39 is 12.0 Å². The first-order valence-electron chi connectivity index (χ1n) is 10.9. The fourth-order valence-corrected chi connectivity index (χ4v) is 3.80. The molecule has 0 N–H and O–H groups in total. The number of hydrogen-bond acceptors (Lipinski definition) is 7. The van der Waals surface area contributed by atoms with Gasteiger partial charge in [0.25, 0.3) is 0 Å². The predicted octanol–water partition coefficient (Wildman–Crippen LogP) is 2.27. The lowest BCUT2D eigenvalue weighted by atomic mass is 10.0. The number of esters is 2. The van der Waals surface area contributed by atoms with Gasteiger partial charge in [0.05, 0.1) is 18.6 Å². The molecule has 31 heavy (non-hydrogen) atoms. The van der Waals surface area contributed by atoms with Crippen molar-refractivity contribution in [3.63, 3.8) is 0 Å².